The normalized spacial score (nSPS) is 21.1. The fourth-order valence-electron chi connectivity index (χ4n) is 2.81. The van der Waals surface area contributed by atoms with E-state index in [0.29, 0.717) is 19.0 Å². The van der Waals surface area contributed by atoms with Crippen LogP contribution in [-0.4, -0.2) is 22.3 Å². The Morgan fingerprint density at radius 1 is 1.42 bits per heavy atom. The van der Waals surface area contributed by atoms with E-state index in [2.05, 4.69) is 19.2 Å². The molecule has 1 saturated carbocycles. The molecule has 1 fully saturated rings. The average Bonchev–Trinajstić information content (AvgIpc) is 3.00. The van der Waals surface area contributed by atoms with Crippen LogP contribution in [0.2, 0.25) is 0 Å². The molecule has 102 valence electrons. The van der Waals surface area contributed by atoms with E-state index in [4.69, 9.17) is 0 Å². The van der Waals surface area contributed by atoms with Crippen molar-refractivity contribution in [1.29, 1.82) is 0 Å². The van der Waals surface area contributed by atoms with Gasteiger partial charge in [-0.05, 0) is 30.7 Å². The topological polar surface area (TPSA) is 51.1 Å². The van der Waals surface area contributed by atoms with Gasteiger partial charge in [-0.15, -0.1) is 0 Å². The molecule has 0 radical (unpaired) electrons. The molecule has 1 aromatic rings. The maximum absolute atomic E-state index is 12.1. The first kappa shape index (κ1) is 12.5. The summed E-state index contributed by atoms with van der Waals surface area (Å²) in [5.74, 6) is 0.254. The molecule has 1 N–H and O–H groups in total. The number of fused-ring (bicyclic) bond motifs is 1. The van der Waals surface area contributed by atoms with Gasteiger partial charge in [-0.25, -0.2) is 0 Å². The first-order valence-electron chi connectivity index (χ1n) is 6.95. The van der Waals surface area contributed by atoms with E-state index in [1.165, 1.54) is 0 Å². The van der Waals surface area contributed by atoms with Gasteiger partial charge in [0.1, 0.15) is 6.54 Å². The van der Waals surface area contributed by atoms with E-state index in [1.807, 2.05) is 16.8 Å². The Balaban J connectivity index is 1.80. The van der Waals surface area contributed by atoms with E-state index in [0.717, 1.165) is 30.5 Å². The molecule has 0 atom stereocenters. The van der Waals surface area contributed by atoms with Gasteiger partial charge < -0.3 is 9.88 Å². The number of Topliss-reactive ketones (excluding diaryl/α,β-unsaturated/α-hetero) is 1. The predicted molar refractivity (Wildman–Crippen MR) is 72.0 cm³/mol. The molecule has 0 bridgehead atoms. The quantitative estimate of drug-likeness (QED) is 0.902. The lowest BCUT2D eigenvalue weighted by molar-refractivity contribution is -0.121. The number of carbonyl (C=O) groups is 2. The molecule has 0 spiro atoms. The van der Waals surface area contributed by atoms with Crippen LogP contribution in [0.5, 0.6) is 0 Å². The van der Waals surface area contributed by atoms with Crippen molar-refractivity contribution in [3.05, 3.63) is 23.5 Å². The Kier molecular flexibility index (Phi) is 2.77. The minimum absolute atomic E-state index is 0.00679. The molecule has 0 unspecified atom stereocenters. The summed E-state index contributed by atoms with van der Waals surface area (Å²) in [5.41, 5.74) is 1.82. The first-order chi connectivity index (χ1) is 8.94. The number of hydrogen-bond acceptors (Lipinski definition) is 2. The Hall–Kier alpha value is -1.58. The summed E-state index contributed by atoms with van der Waals surface area (Å²) in [6.45, 7) is 4.54. The molecule has 4 nitrogen and oxygen atoms in total. The first-order valence-corrected chi connectivity index (χ1v) is 6.95. The highest BCUT2D eigenvalue weighted by molar-refractivity contribution is 5.99. The third-order valence-corrected chi connectivity index (χ3v) is 3.92. The zero-order chi connectivity index (χ0) is 13.6. The van der Waals surface area contributed by atoms with Gasteiger partial charge in [-0.3, -0.25) is 9.59 Å². The van der Waals surface area contributed by atoms with E-state index in [9.17, 15) is 9.59 Å². The van der Waals surface area contributed by atoms with Crippen molar-refractivity contribution in [3.8, 4) is 0 Å². The summed E-state index contributed by atoms with van der Waals surface area (Å²) < 4.78 is 1.94. The van der Waals surface area contributed by atoms with Gasteiger partial charge >= 0.3 is 0 Å². The summed E-state index contributed by atoms with van der Waals surface area (Å²) in [4.78, 5) is 23.9. The highest BCUT2D eigenvalue weighted by atomic mass is 16.2. The average molecular weight is 260 g/mol. The molecule has 2 aliphatic carbocycles. The van der Waals surface area contributed by atoms with Crippen LogP contribution in [0, 0.1) is 5.41 Å². The van der Waals surface area contributed by atoms with Crippen LogP contribution in [0.1, 0.15) is 49.2 Å². The second-order valence-corrected chi connectivity index (χ2v) is 6.59. The molecular weight excluding hydrogens is 240 g/mol. The highest BCUT2D eigenvalue weighted by Gasteiger charge is 2.33. The highest BCUT2D eigenvalue weighted by Crippen LogP contribution is 2.35. The SMILES string of the molecule is CC1(C)CC(=O)c2ccn(CC(=O)NC3CC3)c2C1. The lowest BCUT2D eigenvalue weighted by Gasteiger charge is -2.29. The summed E-state index contributed by atoms with van der Waals surface area (Å²) >= 11 is 0. The summed E-state index contributed by atoms with van der Waals surface area (Å²) in [6, 6.07) is 2.24. The molecule has 1 heterocycles. The van der Waals surface area contributed by atoms with Gasteiger partial charge in [0, 0.05) is 29.9 Å². The fourth-order valence-corrected chi connectivity index (χ4v) is 2.81. The molecule has 1 aromatic heterocycles. The van der Waals surface area contributed by atoms with Crippen molar-refractivity contribution in [2.24, 2.45) is 5.41 Å². The Morgan fingerprint density at radius 2 is 2.16 bits per heavy atom. The number of nitrogens with zero attached hydrogens (tertiary/aromatic N) is 1. The van der Waals surface area contributed by atoms with E-state index >= 15 is 0 Å². The molecule has 3 rings (SSSR count). The zero-order valence-electron chi connectivity index (χ0n) is 11.5. The Labute approximate surface area is 113 Å². The van der Waals surface area contributed by atoms with Crippen LogP contribution < -0.4 is 5.32 Å². The van der Waals surface area contributed by atoms with Crippen molar-refractivity contribution in [2.45, 2.75) is 52.1 Å². The van der Waals surface area contributed by atoms with Gasteiger partial charge in [-0.2, -0.15) is 0 Å². The predicted octanol–water partition coefficient (Wildman–Crippen LogP) is 1.92. The second-order valence-electron chi connectivity index (χ2n) is 6.59. The minimum atomic E-state index is -0.00679. The van der Waals surface area contributed by atoms with Crippen molar-refractivity contribution in [2.75, 3.05) is 0 Å². The van der Waals surface area contributed by atoms with Crippen molar-refractivity contribution in [1.82, 2.24) is 9.88 Å². The number of carbonyl (C=O) groups excluding carboxylic acids is 2. The number of ketones is 1. The minimum Gasteiger partial charge on any atom is -0.352 e. The van der Waals surface area contributed by atoms with Crippen LogP contribution in [0.15, 0.2) is 12.3 Å². The van der Waals surface area contributed by atoms with Gasteiger partial charge in [-0.1, -0.05) is 13.8 Å². The van der Waals surface area contributed by atoms with Gasteiger partial charge in [0.15, 0.2) is 5.78 Å². The molecule has 0 saturated heterocycles. The molecule has 2 aliphatic rings. The monoisotopic (exact) mass is 260 g/mol. The fraction of sp³-hybridized carbons (Fsp3) is 0.600. The second kappa shape index (κ2) is 4.22. The zero-order valence-corrected chi connectivity index (χ0v) is 11.5. The van der Waals surface area contributed by atoms with Crippen LogP contribution in [0.3, 0.4) is 0 Å². The third kappa shape index (κ3) is 2.57. The van der Waals surface area contributed by atoms with E-state index < -0.39 is 0 Å². The molecule has 4 heteroatoms. The molecule has 0 aliphatic heterocycles. The largest absolute Gasteiger partial charge is 0.352 e. The Bertz CT molecular complexity index is 538. The van der Waals surface area contributed by atoms with Crippen molar-refractivity contribution < 1.29 is 9.59 Å². The standard InChI is InChI=1S/C15H20N2O2/c1-15(2)7-12-11(13(18)8-15)5-6-17(12)9-14(19)16-10-3-4-10/h5-6,10H,3-4,7-9H2,1-2H3,(H,16,19). The number of aromatic nitrogens is 1. The van der Waals surface area contributed by atoms with Crippen LogP contribution in [-0.2, 0) is 17.8 Å². The maximum atomic E-state index is 12.1. The van der Waals surface area contributed by atoms with Crippen molar-refractivity contribution in [3.63, 3.8) is 0 Å². The lowest BCUT2D eigenvalue weighted by Crippen LogP contribution is -2.32. The van der Waals surface area contributed by atoms with E-state index in [1.54, 1.807) is 0 Å². The van der Waals surface area contributed by atoms with Crippen LogP contribution in [0.4, 0.5) is 0 Å². The van der Waals surface area contributed by atoms with Gasteiger partial charge in [0.2, 0.25) is 5.91 Å². The number of amides is 1. The van der Waals surface area contributed by atoms with Crippen LogP contribution >= 0.6 is 0 Å². The van der Waals surface area contributed by atoms with Crippen molar-refractivity contribution >= 4 is 11.7 Å². The third-order valence-electron chi connectivity index (χ3n) is 3.92. The number of hydrogen-bond donors (Lipinski definition) is 1. The Morgan fingerprint density at radius 3 is 2.84 bits per heavy atom. The van der Waals surface area contributed by atoms with E-state index in [-0.39, 0.29) is 17.1 Å². The smallest absolute Gasteiger partial charge is 0.240 e. The molecule has 1 amide bonds. The maximum Gasteiger partial charge on any atom is 0.240 e. The summed E-state index contributed by atoms with van der Waals surface area (Å²) in [7, 11) is 0. The summed E-state index contributed by atoms with van der Waals surface area (Å²) in [6.07, 6.45) is 5.52. The molecular formula is C15H20N2O2. The van der Waals surface area contributed by atoms with Crippen LogP contribution in [0.25, 0.3) is 0 Å². The molecule has 19 heavy (non-hydrogen) atoms. The van der Waals surface area contributed by atoms with Gasteiger partial charge in [0.05, 0.1) is 0 Å². The number of rotatable bonds is 3. The van der Waals surface area contributed by atoms with Gasteiger partial charge in [0.25, 0.3) is 0 Å². The number of nitrogens with one attached hydrogen (secondary N) is 1. The summed E-state index contributed by atoms with van der Waals surface area (Å²) in [5, 5.41) is 2.99. The lowest BCUT2D eigenvalue weighted by atomic mass is 9.76. The molecule has 0 aromatic carbocycles.